The van der Waals surface area contributed by atoms with Crippen molar-refractivity contribution in [2.75, 3.05) is 0 Å². The zero-order chi connectivity index (χ0) is 8.27. The molecule has 0 aliphatic heterocycles. The van der Waals surface area contributed by atoms with Crippen LogP contribution in [0, 0.1) is 13.3 Å². The van der Waals surface area contributed by atoms with E-state index in [9.17, 15) is 0 Å². The quantitative estimate of drug-likeness (QED) is 0.601. The molecule has 0 spiro atoms. The van der Waals surface area contributed by atoms with Crippen LogP contribution in [-0.2, 0) is 0 Å². The van der Waals surface area contributed by atoms with Gasteiger partial charge in [-0.2, -0.15) is 0 Å². The normalized spacial score (nSPS) is 10.5. The molecule has 0 N–H and O–H groups in total. The monoisotopic (exact) mass is 146 g/mol. The van der Waals surface area contributed by atoms with E-state index in [1.54, 1.807) is 0 Å². The van der Waals surface area contributed by atoms with Gasteiger partial charge in [0.2, 0.25) is 0 Å². The average molecular weight is 146 g/mol. The van der Waals surface area contributed by atoms with Crippen LogP contribution in [0.3, 0.4) is 0 Å². The second kappa shape index (κ2) is 3.56. The van der Waals surface area contributed by atoms with Crippen LogP contribution in [0.5, 0.6) is 0 Å². The Balaban J connectivity index is 2.83. The number of benzene rings is 1. The first-order chi connectivity index (χ1) is 5.24. The van der Waals surface area contributed by atoms with Gasteiger partial charge in [-0.1, -0.05) is 38.1 Å². The molecular weight excluding hydrogens is 132 g/mol. The molecule has 1 aromatic rings. The fourth-order valence-corrected chi connectivity index (χ4v) is 1.02. The van der Waals surface area contributed by atoms with E-state index in [1.807, 2.05) is 6.42 Å². The topological polar surface area (TPSA) is 0 Å². The summed E-state index contributed by atoms with van der Waals surface area (Å²) in [5.74, 6) is 0.619. The first kappa shape index (κ1) is 8.32. The predicted molar refractivity (Wildman–Crippen MR) is 49.3 cm³/mol. The van der Waals surface area contributed by atoms with Crippen LogP contribution < -0.4 is 0 Å². The molecule has 0 aliphatic carbocycles. The molecule has 0 fully saturated rings. The largest absolute Gasteiger partial charge is 0.0587 e. The van der Waals surface area contributed by atoms with Gasteiger partial charge in [-0.25, -0.2) is 0 Å². The van der Waals surface area contributed by atoms with Crippen LogP contribution in [0.4, 0.5) is 0 Å². The minimum Gasteiger partial charge on any atom is -0.0587 e. The van der Waals surface area contributed by atoms with Gasteiger partial charge in [-0.15, -0.1) is 0 Å². The lowest BCUT2D eigenvalue weighted by molar-refractivity contribution is 0.866. The van der Waals surface area contributed by atoms with Crippen LogP contribution in [-0.4, -0.2) is 0 Å². The van der Waals surface area contributed by atoms with Gasteiger partial charge in [0.15, 0.2) is 0 Å². The van der Waals surface area contributed by atoms with Crippen molar-refractivity contribution >= 4 is 0 Å². The molecule has 0 amide bonds. The zero-order valence-corrected chi connectivity index (χ0v) is 7.17. The van der Waals surface area contributed by atoms with Crippen LogP contribution in [0.15, 0.2) is 24.3 Å². The summed E-state index contributed by atoms with van der Waals surface area (Å²) in [7, 11) is 0. The Hall–Kier alpha value is -0.780. The second-order valence-electron chi connectivity index (χ2n) is 3.03. The van der Waals surface area contributed by atoms with Gasteiger partial charge in [0.25, 0.3) is 0 Å². The Bertz CT molecular complexity index is 206. The molecule has 0 nitrogen and oxygen atoms in total. The number of hydrogen-bond acceptors (Lipinski definition) is 0. The van der Waals surface area contributed by atoms with Crippen molar-refractivity contribution in [1.82, 2.24) is 0 Å². The standard InChI is InChI=1S/C11H14/c1-4-10-5-7-11(8-6-10)9(2)3/h4-9H,1H2,2-3H3. The Morgan fingerprint density at radius 1 is 1.18 bits per heavy atom. The SMILES string of the molecule is [CH2][CH]c1ccc(C(C)C)cc1. The number of rotatable bonds is 2. The van der Waals surface area contributed by atoms with Gasteiger partial charge in [0.1, 0.15) is 0 Å². The Labute approximate surface area is 69.3 Å². The molecule has 11 heavy (non-hydrogen) atoms. The van der Waals surface area contributed by atoms with E-state index >= 15 is 0 Å². The van der Waals surface area contributed by atoms with E-state index in [2.05, 4.69) is 45.0 Å². The summed E-state index contributed by atoms with van der Waals surface area (Å²) < 4.78 is 0. The maximum absolute atomic E-state index is 3.71. The third-order valence-electron chi connectivity index (χ3n) is 1.84. The molecule has 1 rings (SSSR count). The van der Waals surface area contributed by atoms with Gasteiger partial charge in [-0.3, -0.25) is 0 Å². The van der Waals surface area contributed by atoms with Crippen molar-refractivity contribution in [1.29, 1.82) is 0 Å². The van der Waals surface area contributed by atoms with E-state index < -0.39 is 0 Å². The maximum Gasteiger partial charge on any atom is -0.00929 e. The van der Waals surface area contributed by atoms with Gasteiger partial charge in [-0.05, 0) is 30.4 Å². The highest BCUT2D eigenvalue weighted by molar-refractivity contribution is 5.29. The highest BCUT2D eigenvalue weighted by Gasteiger charge is 1.96. The Morgan fingerprint density at radius 2 is 1.73 bits per heavy atom. The third kappa shape index (κ3) is 2.07. The third-order valence-corrected chi connectivity index (χ3v) is 1.84. The van der Waals surface area contributed by atoms with E-state index in [0.29, 0.717) is 5.92 Å². The van der Waals surface area contributed by atoms with Gasteiger partial charge >= 0.3 is 0 Å². The second-order valence-corrected chi connectivity index (χ2v) is 3.03. The average Bonchev–Trinajstić information content (AvgIpc) is 2.05. The van der Waals surface area contributed by atoms with Crippen molar-refractivity contribution in [2.24, 2.45) is 0 Å². The minimum absolute atomic E-state index is 0.619. The smallest absolute Gasteiger partial charge is 0.00929 e. The van der Waals surface area contributed by atoms with Crippen molar-refractivity contribution in [3.63, 3.8) is 0 Å². The molecule has 58 valence electrons. The molecular formula is C11H14. The molecule has 0 bridgehead atoms. The highest BCUT2D eigenvalue weighted by atomic mass is 14.0. The Kier molecular flexibility index (Phi) is 2.70. The van der Waals surface area contributed by atoms with E-state index in [1.165, 1.54) is 11.1 Å². The highest BCUT2D eigenvalue weighted by Crippen LogP contribution is 2.14. The first-order valence-corrected chi connectivity index (χ1v) is 3.96. The summed E-state index contributed by atoms with van der Waals surface area (Å²) in [6, 6.07) is 8.51. The summed E-state index contributed by atoms with van der Waals surface area (Å²) in [5.41, 5.74) is 2.57. The lowest BCUT2D eigenvalue weighted by atomic mass is 10.0. The van der Waals surface area contributed by atoms with E-state index in [-0.39, 0.29) is 0 Å². The summed E-state index contributed by atoms with van der Waals surface area (Å²) in [6.07, 6.45) is 1.87. The number of hydrogen-bond donors (Lipinski definition) is 0. The predicted octanol–water partition coefficient (Wildman–Crippen LogP) is 3.20. The molecule has 0 atom stereocenters. The lowest BCUT2D eigenvalue weighted by Gasteiger charge is -2.04. The maximum atomic E-state index is 3.71. The molecule has 1 aromatic carbocycles. The summed E-state index contributed by atoms with van der Waals surface area (Å²) in [5, 5.41) is 0. The van der Waals surface area contributed by atoms with Crippen molar-refractivity contribution in [3.05, 3.63) is 48.7 Å². The first-order valence-electron chi connectivity index (χ1n) is 3.96. The molecule has 0 saturated carbocycles. The van der Waals surface area contributed by atoms with Gasteiger partial charge < -0.3 is 0 Å². The van der Waals surface area contributed by atoms with Crippen LogP contribution in [0.2, 0.25) is 0 Å². The summed E-state index contributed by atoms with van der Waals surface area (Å²) in [6.45, 7) is 8.10. The minimum atomic E-state index is 0.619. The fourth-order valence-electron chi connectivity index (χ4n) is 1.02. The van der Waals surface area contributed by atoms with Crippen molar-refractivity contribution in [2.45, 2.75) is 19.8 Å². The molecule has 0 heteroatoms. The molecule has 0 aliphatic rings. The molecule has 0 unspecified atom stereocenters. The van der Waals surface area contributed by atoms with Crippen LogP contribution in [0.1, 0.15) is 30.9 Å². The molecule has 0 aromatic heterocycles. The lowest BCUT2D eigenvalue weighted by Crippen LogP contribution is -1.86. The van der Waals surface area contributed by atoms with Crippen LogP contribution >= 0.6 is 0 Å². The van der Waals surface area contributed by atoms with Gasteiger partial charge in [0, 0.05) is 0 Å². The molecule has 2 radical (unpaired) electrons. The van der Waals surface area contributed by atoms with E-state index in [0.717, 1.165) is 0 Å². The summed E-state index contributed by atoms with van der Waals surface area (Å²) >= 11 is 0. The van der Waals surface area contributed by atoms with E-state index in [4.69, 9.17) is 0 Å². The molecule has 0 heterocycles. The Morgan fingerprint density at radius 3 is 2.09 bits per heavy atom. The zero-order valence-electron chi connectivity index (χ0n) is 7.17. The summed E-state index contributed by atoms with van der Waals surface area (Å²) in [4.78, 5) is 0. The fraction of sp³-hybridized carbons (Fsp3) is 0.273. The van der Waals surface area contributed by atoms with Crippen molar-refractivity contribution in [3.8, 4) is 0 Å². The van der Waals surface area contributed by atoms with Gasteiger partial charge in [0.05, 0.1) is 0 Å². The van der Waals surface area contributed by atoms with Crippen LogP contribution in [0.25, 0.3) is 0 Å². The van der Waals surface area contributed by atoms with Crippen molar-refractivity contribution < 1.29 is 0 Å². The molecule has 0 saturated heterocycles.